The van der Waals surface area contributed by atoms with Gasteiger partial charge in [-0.2, -0.15) is 0 Å². The van der Waals surface area contributed by atoms with Crippen molar-refractivity contribution in [2.75, 3.05) is 12.0 Å². The molecule has 0 fully saturated rings. The number of rotatable bonds is 12. The first-order chi connectivity index (χ1) is 14.1. The summed E-state index contributed by atoms with van der Waals surface area (Å²) in [6.07, 6.45) is 5.15. The molecular formula is C20H27N5O4. The summed E-state index contributed by atoms with van der Waals surface area (Å²) in [7, 11) is 0. The van der Waals surface area contributed by atoms with Crippen LogP contribution in [0.2, 0.25) is 0 Å². The monoisotopic (exact) mass is 401 g/mol. The van der Waals surface area contributed by atoms with Gasteiger partial charge in [0.05, 0.1) is 24.8 Å². The fourth-order valence-electron chi connectivity index (χ4n) is 2.84. The molecule has 0 aliphatic heterocycles. The largest absolute Gasteiger partial charge is 0.392 e. The van der Waals surface area contributed by atoms with Gasteiger partial charge < -0.3 is 5.11 Å². The van der Waals surface area contributed by atoms with Gasteiger partial charge in [-0.3, -0.25) is 25.6 Å². The van der Waals surface area contributed by atoms with E-state index in [1.54, 1.807) is 12.3 Å². The van der Waals surface area contributed by atoms with Crippen LogP contribution in [0, 0.1) is 5.92 Å². The number of unbranched alkanes of at least 4 members (excludes halogenated alkanes) is 2. The molecule has 9 nitrogen and oxygen atoms in total. The lowest BCUT2D eigenvalue weighted by Gasteiger charge is -2.19. The number of benzene rings is 1. The molecule has 156 valence electrons. The van der Waals surface area contributed by atoms with Crippen LogP contribution in [-0.2, 0) is 16.2 Å². The number of hydrogen-bond donors (Lipinski definition) is 4. The van der Waals surface area contributed by atoms with Crippen molar-refractivity contribution in [3.63, 3.8) is 0 Å². The van der Waals surface area contributed by atoms with Crippen LogP contribution in [-0.4, -0.2) is 44.2 Å². The number of carbonyl (C=O) groups excluding carboxylic acids is 2. The lowest BCUT2D eigenvalue weighted by molar-refractivity contribution is -0.154. The zero-order valence-corrected chi connectivity index (χ0v) is 16.4. The normalized spacial score (nSPS) is 11.6. The van der Waals surface area contributed by atoms with Crippen molar-refractivity contribution in [3.05, 3.63) is 42.1 Å². The number of nitrogens with zero attached hydrogens (tertiary/aromatic N) is 3. The van der Waals surface area contributed by atoms with Gasteiger partial charge in [0.2, 0.25) is 18.3 Å². The molecule has 0 saturated carbocycles. The molecule has 29 heavy (non-hydrogen) atoms. The van der Waals surface area contributed by atoms with Crippen LogP contribution in [0.4, 0.5) is 5.95 Å². The summed E-state index contributed by atoms with van der Waals surface area (Å²) in [4.78, 5) is 31.6. The van der Waals surface area contributed by atoms with E-state index in [-0.39, 0.29) is 31.4 Å². The molecule has 0 radical (unpaired) electrons. The molecule has 0 saturated heterocycles. The maximum Gasteiger partial charge on any atom is 0.243 e. The van der Waals surface area contributed by atoms with E-state index >= 15 is 0 Å². The number of hydrazine groups is 1. The molecular weight excluding hydrogens is 374 g/mol. The molecule has 4 N–H and O–H groups in total. The third-order valence-electron chi connectivity index (χ3n) is 4.41. The van der Waals surface area contributed by atoms with Crippen molar-refractivity contribution in [1.29, 1.82) is 0 Å². The van der Waals surface area contributed by atoms with E-state index in [1.165, 1.54) is 0 Å². The minimum atomic E-state index is -0.561. The molecule has 1 aromatic heterocycles. The van der Waals surface area contributed by atoms with Crippen LogP contribution in [0.3, 0.4) is 0 Å². The summed E-state index contributed by atoms with van der Waals surface area (Å²) in [5, 5.41) is 19.2. The predicted octanol–water partition coefficient (Wildman–Crippen LogP) is 2.12. The second-order valence-corrected chi connectivity index (χ2v) is 6.66. The van der Waals surface area contributed by atoms with Gasteiger partial charge >= 0.3 is 0 Å². The third kappa shape index (κ3) is 7.13. The molecule has 0 spiro atoms. The van der Waals surface area contributed by atoms with Crippen LogP contribution < -0.4 is 10.9 Å². The highest BCUT2D eigenvalue weighted by molar-refractivity contribution is 5.80. The van der Waals surface area contributed by atoms with Crippen LogP contribution in [0.15, 0.2) is 36.5 Å². The van der Waals surface area contributed by atoms with Gasteiger partial charge in [-0.05, 0) is 24.1 Å². The maximum absolute atomic E-state index is 12.5. The van der Waals surface area contributed by atoms with Gasteiger partial charge in [-0.15, -0.1) is 0 Å². The minimum absolute atomic E-state index is 0.0673. The lowest BCUT2D eigenvalue weighted by Crippen LogP contribution is -2.40. The number of anilines is 1. The zero-order valence-electron chi connectivity index (χ0n) is 16.4. The molecule has 2 rings (SSSR count). The van der Waals surface area contributed by atoms with Crippen LogP contribution in [0.1, 0.15) is 38.2 Å². The van der Waals surface area contributed by atoms with E-state index in [4.69, 9.17) is 0 Å². The molecule has 0 aliphatic carbocycles. The molecule has 0 unspecified atom stereocenters. The van der Waals surface area contributed by atoms with Crippen molar-refractivity contribution in [2.45, 2.75) is 39.2 Å². The molecule has 2 aromatic rings. The Morgan fingerprint density at radius 2 is 2.14 bits per heavy atom. The Hall–Kier alpha value is -3.04. The predicted molar refractivity (Wildman–Crippen MR) is 107 cm³/mol. The van der Waals surface area contributed by atoms with E-state index in [2.05, 4.69) is 27.7 Å². The van der Waals surface area contributed by atoms with E-state index in [0.29, 0.717) is 17.2 Å². The van der Waals surface area contributed by atoms with Crippen LogP contribution >= 0.6 is 0 Å². The quantitative estimate of drug-likeness (QED) is 0.186. The summed E-state index contributed by atoms with van der Waals surface area (Å²) in [5.74, 6) is -0.722. The highest BCUT2D eigenvalue weighted by Crippen LogP contribution is 2.19. The number of amides is 2. The molecule has 1 aromatic carbocycles. The average Bonchev–Trinajstić information content (AvgIpc) is 2.77. The van der Waals surface area contributed by atoms with E-state index in [9.17, 15) is 19.9 Å². The van der Waals surface area contributed by atoms with Crippen molar-refractivity contribution >= 4 is 18.3 Å². The van der Waals surface area contributed by atoms with Gasteiger partial charge in [0.15, 0.2) is 0 Å². The summed E-state index contributed by atoms with van der Waals surface area (Å²) in [6.45, 7) is 1.90. The number of hydroxylamine groups is 2. The number of hydrogen-bond acceptors (Lipinski definition) is 7. The number of aliphatic hydroxyl groups excluding tert-OH is 1. The Morgan fingerprint density at radius 1 is 1.31 bits per heavy atom. The van der Waals surface area contributed by atoms with Gasteiger partial charge in [0, 0.05) is 11.8 Å². The van der Waals surface area contributed by atoms with Crippen LogP contribution in [0.25, 0.3) is 11.3 Å². The Morgan fingerprint density at radius 3 is 2.86 bits per heavy atom. The number of nitrogens with one attached hydrogen (secondary N) is 2. The second-order valence-electron chi connectivity index (χ2n) is 6.66. The number of aromatic nitrogens is 2. The Balaban J connectivity index is 2.02. The summed E-state index contributed by atoms with van der Waals surface area (Å²) >= 11 is 0. The molecule has 0 aliphatic rings. The Bertz CT molecular complexity index is 802. The van der Waals surface area contributed by atoms with Crippen molar-refractivity contribution in [3.8, 4) is 11.3 Å². The molecule has 1 atom stereocenters. The molecule has 2 amide bonds. The van der Waals surface area contributed by atoms with Crippen molar-refractivity contribution in [2.24, 2.45) is 5.92 Å². The minimum Gasteiger partial charge on any atom is -0.392 e. The SMILES string of the molecule is CCCCC[C@@H](CN(O)C=O)C(=O)NNc1nccc(-c2cccc(CO)c2)n1. The van der Waals surface area contributed by atoms with Gasteiger partial charge in [-0.25, -0.2) is 15.0 Å². The summed E-state index contributed by atoms with van der Waals surface area (Å²) in [6, 6.07) is 9.05. The van der Waals surface area contributed by atoms with E-state index in [0.717, 1.165) is 30.4 Å². The standard InChI is InChI=1S/C20H27N5O4/c1-2-3-4-7-17(12-25(29)14-27)19(28)23-24-20-21-10-9-18(22-20)16-8-5-6-15(11-16)13-26/h5-6,8-11,14,17,26,29H,2-4,7,12-13H2,1H3,(H,23,28)(H,21,22,24)/t17-/m0/s1. The highest BCUT2D eigenvalue weighted by Gasteiger charge is 2.20. The van der Waals surface area contributed by atoms with Gasteiger partial charge in [-0.1, -0.05) is 44.4 Å². The molecule has 1 heterocycles. The number of aliphatic hydroxyl groups is 1. The van der Waals surface area contributed by atoms with Crippen LogP contribution in [0.5, 0.6) is 0 Å². The Kier molecular flexibility index (Phi) is 9.00. The average molecular weight is 401 g/mol. The molecule has 9 heteroatoms. The maximum atomic E-state index is 12.5. The van der Waals surface area contributed by atoms with Crippen molar-refractivity contribution in [1.82, 2.24) is 20.5 Å². The first-order valence-corrected chi connectivity index (χ1v) is 9.57. The number of carbonyl (C=O) groups is 2. The summed E-state index contributed by atoms with van der Waals surface area (Å²) < 4.78 is 0. The second kappa shape index (κ2) is 11.7. The van der Waals surface area contributed by atoms with E-state index < -0.39 is 5.92 Å². The summed E-state index contributed by atoms with van der Waals surface area (Å²) in [5.41, 5.74) is 7.45. The molecule has 0 bridgehead atoms. The smallest absolute Gasteiger partial charge is 0.243 e. The van der Waals surface area contributed by atoms with Gasteiger partial charge in [0.25, 0.3) is 0 Å². The first-order valence-electron chi connectivity index (χ1n) is 9.57. The first kappa shape index (κ1) is 22.3. The fourth-order valence-corrected chi connectivity index (χ4v) is 2.84. The van der Waals surface area contributed by atoms with E-state index in [1.807, 2.05) is 24.3 Å². The topological polar surface area (TPSA) is 128 Å². The zero-order chi connectivity index (χ0) is 21.1. The highest BCUT2D eigenvalue weighted by atomic mass is 16.5. The lowest BCUT2D eigenvalue weighted by atomic mass is 10.0. The van der Waals surface area contributed by atoms with Crippen molar-refractivity contribution < 1.29 is 19.9 Å². The Labute approximate surface area is 169 Å². The van der Waals surface area contributed by atoms with Gasteiger partial charge in [0.1, 0.15) is 0 Å². The third-order valence-corrected chi connectivity index (χ3v) is 4.41. The fraction of sp³-hybridized carbons (Fsp3) is 0.400.